The van der Waals surface area contributed by atoms with Crippen LogP contribution in [0.2, 0.25) is 0 Å². The van der Waals surface area contributed by atoms with E-state index in [4.69, 9.17) is 5.26 Å². The third kappa shape index (κ3) is 3.29. The second-order valence-corrected chi connectivity index (χ2v) is 4.41. The summed E-state index contributed by atoms with van der Waals surface area (Å²) in [5.41, 5.74) is 2.16. The number of nitrogens with zero attached hydrogens (tertiary/aromatic N) is 4. The van der Waals surface area contributed by atoms with Crippen LogP contribution >= 0.6 is 0 Å². The highest BCUT2D eigenvalue weighted by atomic mass is 15.0. The van der Waals surface area contributed by atoms with Gasteiger partial charge >= 0.3 is 0 Å². The standard InChI is InChI=1S/C15H17N5/c1-3-5-14-19-13(7-15(20-14)18-4-2)12-6-11(8-16)9-17-10-12/h6-7,9-10H,3-5H2,1-2H3,(H,18,19,20). The lowest BCUT2D eigenvalue weighted by Crippen LogP contribution is -2.04. The topological polar surface area (TPSA) is 74.5 Å². The highest BCUT2D eigenvalue weighted by molar-refractivity contribution is 5.63. The quantitative estimate of drug-likeness (QED) is 0.901. The summed E-state index contributed by atoms with van der Waals surface area (Å²) in [5, 5.41) is 12.2. The molecule has 2 aromatic rings. The van der Waals surface area contributed by atoms with Crippen molar-refractivity contribution in [1.29, 1.82) is 5.26 Å². The summed E-state index contributed by atoms with van der Waals surface area (Å²) >= 11 is 0. The first-order valence-electron chi connectivity index (χ1n) is 6.74. The zero-order valence-electron chi connectivity index (χ0n) is 11.7. The van der Waals surface area contributed by atoms with Gasteiger partial charge < -0.3 is 5.32 Å². The second kappa shape index (κ2) is 6.62. The molecule has 0 unspecified atom stereocenters. The van der Waals surface area contributed by atoms with E-state index in [0.717, 1.165) is 42.3 Å². The number of hydrogen-bond acceptors (Lipinski definition) is 5. The van der Waals surface area contributed by atoms with Gasteiger partial charge in [-0.05, 0) is 19.4 Å². The molecule has 1 N–H and O–H groups in total. The Morgan fingerprint density at radius 2 is 2.05 bits per heavy atom. The molecule has 0 radical (unpaired) electrons. The van der Waals surface area contributed by atoms with Gasteiger partial charge in [-0.2, -0.15) is 5.26 Å². The molecule has 5 nitrogen and oxygen atoms in total. The van der Waals surface area contributed by atoms with Gasteiger partial charge in [0, 0.05) is 37.0 Å². The maximum absolute atomic E-state index is 8.95. The van der Waals surface area contributed by atoms with Crippen LogP contribution in [0, 0.1) is 11.3 Å². The van der Waals surface area contributed by atoms with E-state index < -0.39 is 0 Å². The van der Waals surface area contributed by atoms with E-state index in [0.29, 0.717) is 5.56 Å². The van der Waals surface area contributed by atoms with E-state index in [1.165, 1.54) is 0 Å². The van der Waals surface area contributed by atoms with Gasteiger partial charge in [0.25, 0.3) is 0 Å². The molecule has 0 fully saturated rings. The van der Waals surface area contributed by atoms with Gasteiger partial charge in [-0.25, -0.2) is 9.97 Å². The minimum Gasteiger partial charge on any atom is -0.370 e. The Morgan fingerprint density at radius 1 is 1.20 bits per heavy atom. The zero-order chi connectivity index (χ0) is 14.4. The van der Waals surface area contributed by atoms with Crippen molar-refractivity contribution in [2.75, 3.05) is 11.9 Å². The van der Waals surface area contributed by atoms with E-state index in [9.17, 15) is 0 Å². The van der Waals surface area contributed by atoms with Crippen molar-refractivity contribution in [1.82, 2.24) is 15.0 Å². The van der Waals surface area contributed by atoms with Gasteiger partial charge in [0.15, 0.2) is 0 Å². The van der Waals surface area contributed by atoms with Gasteiger partial charge in [-0.3, -0.25) is 4.98 Å². The number of nitrogens with one attached hydrogen (secondary N) is 1. The molecule has 0 aliphatic heterocycles. The number of rotatable bonds is 5. The molecule has 20 heavy (non-hydrogen) atoms. The van der Waals surface area contributed by atoms with Gasteiger partial charge in [0.2, 0.25) is 0 Å². The number of aryl methyl sites for hydroxylation is 1. The summed E-state index contributed by atoms with van der Waals surface area (Å²) < 4.78 is 0. The van der Waals surface area contributed by atoms with E-state index in [2.05, 4.69) is 33.3 Å². The number of pyridine rings is 1. The SMILES string of the molecule is CCCc1nc(NCC)cc(-c2cncc(C#N)c2)n1. The maximum Gasteiger partial charge on any atom is 0.131 e. The van der Waals surface area contributed by atoms with E-state index in [1.54, 1.807) is 18.5 Å². The molecule has 0 amide bonds. The molecule has 2 rings (SSSR count). The Balaban J connectivity index is 2.45. The first-order valence-corrected chi connectivity index (χ1v) is 6.74. The molecule has 0 aliphatic carbocycles. The summed E-state index contributed by atoms with van der Waals surface area (Å²) in [4.78, 5) is 13.1. The van der Waals surface area contributed by atoms with Crippen LogP contribution in [-0.4, -0.2) is 21.5 Å². The average molecular weight is 267 g/mol. The first-order chi connectivity index (χ1) is 9.76. The third-order valence-electron chi connectivity index (χ3n) is 2.77. The molecule has 0 aliphatic rings. The number of hydrogen-bond donors (Lipinski definition) is 1. The molecule has 2 aromatic heterocycles. The summed E-state index contributed by atoms with van der Waals surface area (Å²) in [5.74, 6) is 1.62. The number of aromatic nitrogens is 3. The van der Waals surface area contributed by atoms with E-state index in [-0.39, 0.29) is 0 Å². The van der Waals surface area contributed by atoms with Crippen LogP contribution in [0.3, 0.4) is 0 Å². The second-order valence-electron chi connectivity index (χ2n) is 4.41. The lowest BCUT2D eigenvalue weighted by Gasteiger charge is -2.08. The molecule has 0 saturated carbocycles. The van der Waals surface area contributed by atoms with Gasteiger partial charge in [-0.15, -0.1) is 0 Å². The first kappa shape index (κ1) is 13.9. The predicted octanol–water partition coefficient (Wildman–Crippen LogP) is 2.79. The molecule has 102 valence electrons. The Bertz CT molecular complexity index is 606. The van der Waals surface area contributed by atoms with Crippen LogP contribution in [0.5, 0.6) is 0 Å². The van der Waals surface area contributed by atoms with Crippen LogP contribution in [0.25, 0.3) is 11.3 Å². The van der Waals surface area contributed by atoms with Crippen LogP contribution in [0.15, 0.2) is 24.5 Å². The fraction of sp³-hybridized carbons (Fsp3) is 0.333. The van der Waals surface area contributed by atoms with Crippen LogP contribution < -0.4 is 5.32 Å². The molecule has 0 saturated heterocycles. The number of nitriles is 1. The van der Waals surface area contributed by atoms with Crippen molar-refractivity contribution >= 4 is 5.82 Å². The number of anilines is 1. The maximum atomic E-state index is 8.95. The van der Waals surface area contributed by atoms with Crippen molar-refractivity contribution in [3.05, 3.63) is 35.9 Å². The fourth-order valence-corrected chi connectivity index (χ4v) is 1.89. The minimum absolute atomic E-state index is 0.531. The van der Waals surface area contributed by atoms with Crippen molar-refractivity contribution in [3.8, 4) is 17.3 Å². The molecule has 0 aromatic carbocycles. The predicted molar refractivity (Wildman–Crippen MR) is 78.1 cm³/mol. The highest BCUT2D eigenvalue weighted by Gasteiger charge is 2.07. The van der Waals surface area contributed by atoms with Crippen molar-refractivity contribution in [2.45, 2.75) is 26.7 Å². The van der Waals surface area contributed by atoms with Crippen LogP contribution in [-0.2, 0) is 6.42 Å². The molecular weight excluding hydrogens is 250 g/mol. The summed E-state index contributed by atoms with van der Waals surface area (Å²) in [6.45, 7) is 4.93. The third-order valence-corrected chi connectivity index (χ3v) is 2.77. The van der Waals surface area contributed by atoms with Gasteiger partial charge in [-0.1, -0.05) is 6.92 Å². The monoisotopic (exact) mass is 267 g/mol. The molecule has 5 heteroatoms. The smallest absolute Gasteiger partial charge is 0.131 e. The molecular formula is C15H17N5. The Kier molecular flexibility index (Phi) is 4.61. The van der Waals surface area contributed by atoms with Crippen LogP contribution in [0.1, 0.15) is 31.7 Å². The van der Waals surface area contributed by atoms with Gasteiger partial charge in [0.1, 0.15) is 17.7 Å². The van der Waals surface area contributed by atoms with E-state index >= 15 is 0 Å². The molecule has 0 bridgehead atoms. The summed E-state index contributed by atoms with van der Waals surface area (Å²) in [6, 6.07) is 5.78. The highest BCUT2D eigenvalue weighted by Crippen LogP contribution is 2.20. The average Bonchev–Trinajstić information content (AvgIpc) is 2.48. The molecule has 0 spiro atoms. The van der Waals surface area contributed by atoms with Crippen molar-refractivity contribution in [3.63, 3.8) is 0 Å². The van der Waals surface area contributed by atoms with Gasteiger partial charge in [0.05, 0.1) is 11.3 Å². The fourth-order valence-electron chi connectivity index (χ4n) is 1.89. The normalized spacial score (nSPS) is 10.1. The Hall–Kier alpha value is -2.48. The van der Waals surface area contributed by atoms with Crippen LogP contribution in [0.4, 0.5) is 5.82 Å². The lowest BCUT2D eigenvalue weighted by atomic mass is 10.1. The largest absolute Gasteiger partial charge is 0.370 e. The lowest BCUT2D eigenvalue weighted by molar-refractivity contribution is 0.836. The summed E-state index contributed by atoms with van der Waals surface area (Å²) in [6.07, 6.45) is 5.08. The molecule has 2 heterocycles. The van der Waals surface area contributed by atoms with Crippen molar-refractivity contribution < 1.29 is 0 Å². The Morgan fingerprint density at radius 3 is 2.75 bits per heavy atom. The molecule has 0 atom stereocenters. The Labute approximate surface area is 118 Å². The van der Waals surface area contributed by atoms with E-state index in [1.807, 2.05) is 13.0 Å². The van der Waals surface area contributed by atoms with Crippen molar-refractivity contribution in [2.24, 2.45) is 0 Å². The minimum atomic E-state index is 0.531. The zero-order valence-corrected chi connectivity index (χ0v) is 11.7. The summed E-state index contributed by atoms with van der Waals surface area (Å²) in [7, 11) is 0.